The highest BCUT2D eigenvalue weighted by Crippen LogP contribution is 2.41. The van der Waals surface area contributed by atoms with E-state index < -0.39 is 17.6 Å². The first-order chi connectivity index (χ1) is 12.8. The average molecular weight is 405 g/mol. The number of nitrogens with zero attached hydrogens (tertiary/aromatic N) is 2. The summed E-state index contributed by atoms with van der Waals surface area (Å²) in [6, 6.07) is 11.0. The van der Waals surface area contributed by atoms with Crippen LogP contribution in [0, 0.1) is 6.92 Å². The summed E-state index contributed by atoms with van der Waals surface area (Å²) in [7, 11) is 1.50. The number of benzene rings is 2. The van der Waals surface area contributed by atoms with Crippen LogP contribution in [-0.4, -0.2) is 29.5 Å². The van der Waals surface area contributed by atoms with Crippen molar-refractivity contribution in [3.8, 4) is 5.75 Å². The lowest BCUT2D eigenvalue weighted by Gasteiger charge is -2.27. The number of amides is 1. The molecule has 0 aliphatic carbocycles. The number of aryl methyl sites for hydroxylation is 1. The molecule has 0 radical (unpaired) electrons. The van der Waals surface area contributed by atoms with E-state index in [0.29, 0.717) is 0 Å². The lowest BCUT2D eigenvalue weighted by molar-refractivity contribution is -0.136. The van der Waals surface area contributed by atoms with E-state index in [1.807, 2.05) is 31.2 Å². The Balaban J connectivity index is 2.01. The Bertz CT molecular complexity index is 939. The molecule has 27 heavy (non-hydrogen) atoms. The van der Waals surface area contributed by atoms with Gasteiger partial charge in [0, 0.05) is 17.6 Å². The normalized spacial score (nSPS) is 17.1. The van der Waals surface area contributed by atoms with Crippen molar-refractivity contribution in [1.29, 1.82) is 0 Å². The van der Waals surface area contributed by atoms with E-state index >= 15 is 0 Å². The molecule has 1 aliphatic rings. The quantitative estimate of drug-likeness (QED) is 0.710. The van der Waals surface area contributed by atoms with Crippen molar-refractivity contribution in [1.82, 2.24) is 5.01 Å². The van der Waals surface area contributed by atoms with Gasteiger partial charge in [0.15, 0.2) is 5.78 Å². The third kappa shape index (κ3) is 3.84. The standard InChI is InChI=1S/C20H18Cl2N2O3/c1-11-4-6-13(7-5-11)10-27-19-15(22)9-8-14(21)16(19)17-18(25)12(2)23-24(3)20(17)26/h4-9,17H,10H2,1-3H3. The van der Waals surface area contributed by atoms with E-state index in [9.17, 15) is 9.59 Å². The summed E-state index contributed by atoms with van der Waals surface area (Å²) >= 11 is 12.7. The SMILES string of the molecule is CC1=NN(C)C(=O)C(c2c(Cl)ccc(Cl)c2OCc2ccc(C)cc2)C1=O. The van der Waals surface area contributed by atoms with E-state index in [1.165, 1.54) is 7.05 Å². The monoisotopic (exact) mass is 404 g/mol. The molecule has 1 atom stereocenters. The van der Waals surface area contributed by atoms with Crippen LogP contribution in [0.4, 0.5) is 0 Å². The van der Waals surface area contributed by atoms with E-state index in [1.54, 1.807) is 19.1 Å². The number of carbonyl (C=O) groups excluding carboxylic acids is 2. The molecule has 1 amide bonds. The number of ether oxygens (including phenoxy) is 1. The largest absolute Gasteiger partial charge is 0.487 e. The number of ketones is 1. The minimum Gasteiger partial charge on any atom is -0.487 e. The van der Waals surface area contributed by atoms with Crippen molar-refractivity contribution in [2.24, 2.45) is 5.10 Å². The second-order valence-electron chi connectivity index (χ2n) is 6.39. The van der Waals surface area contributed by atoms with Crippen molar-refractivity contribution in [2.75, 3.05) is 7.05 Å². The summed E-state index contributed by atoms with van der Waals surface area (Å²) in [4.78, 5) is 25.3. The number of hydrogen-bond donors (Lipinski definition) is 0. The van der Waals surface area contributed by atoms with E-state index in [-0.39, 0.29) is 33.7 Å². The van der Waals surface area contributed by atoms with Crippen LogP contribution in [-0.2, 0) is 16.2 Å². The van der Waals surface area contributed by atoms with Gasteiger partial charge in [0.1, 0.15) is 24.0 Å². The highest BCUT2D eigenvalue weighted by Gasteiger charge is 2.40. The molecule has 0 saturated heterocycles. The van der Waals surface area contributed by atoms with Crippen LogP contribution in [0.15, 0.2) is 41.5 Å². The van der Waals surface area contributed by atoms with E-state index in [2.05, 4.69) is 5.10 Å². The topological polar surface area (TPSA) is 59.0 Å². The molecule has 0 N–H and O–H groups in total. The highest BCUT2D eigenvalue weighted by atomic mass is 35.5. The lowest BCUT2D eigenvalue weighted by Crippen LogP contribution is -2.41. The second kappa shape index (κ2) is 7.71. The smallest absolute Gasteiger partial charge is 0.258 e. The minimum atomic E-state index is -1.13. The summed E-state index contributed by atoms with van der Waals surface area (Å²) < 4.78 is 5.92. The van der Waals surface area contributed by atoms with Crippen LogP contribution in [0.1, 0.15) is 29.5 Å². The van der Waals surface area contributed by atoms with Gasteiger partial charge in [-0.25, -0.2) is 5.01 Å². The van der Waals surface area contributed by atoms with Gasteiger partial charge in [0.2, 0.25) is 0 Å². The number of rotatable bonds is 4. The van der Waals surface area contributed by atoms with Crippen LogP contribution in [0.2, 0.25) is 10.0 Å². The maximum atomic E-state index is 12.7. The van der Waals surface area contributed by atoms with Crippen molar-refractivity contribution in [3.63, 3.8) is 0 Å². The Morgan fingerprint density at radius 3 is 2.33 bits per heavy atom. The van der Waals surface area contributed by atoms with Crippen LogP contribution < -0.4 is 4.74 Å². The highest BCUT2D eigenvalue weighted by molar-refractivity contribution is 6.47. The lowest BCUT2D eigenvalue weighted by atomic mass is 9.89. The molecule has 7 heteroatoms. The van der Waals surface area contributed by atoms with E-state index in [4.69, 9.17) is 27.9 Å². The van der Waals surface area contributed by atoms with Crippen LogP contribution in [0.25, 0.3) is 0 Å². The Kier molecular flexibility index (Phi) is 5.53. The van der Waals surface area contributed by atoms with Gasteiger partial charge in [-0.1, -0.05) is 53.0 Å². The summed E-state index contributed by atoms with van der Waals surface area (Å²) in [5.41, 5.74) is 2.56. The number of halogens is 2. The van der Waals surface area contributed by atoms with Crippen LogP contribution in [0.5, 0.6) is 5.75 Å². The third-order valence-corrected chi connectivity index (χ3v) is 5.00. The number of carbonyl (C=O) groups is 2. The molecule has 0 spiro atoms. The molecular formula is C20H18Cl2N2O3. The molecule has 1 unspecified atom stereocenters. The molecule has 0 fully saturated rings. The van der Waals surface area contributed by atoms with Gasteiger partial charge in [0.05, 0.1) is 5.02 Å². The second-order valence-corrected chi connectivity index (χ2v) is 7.21. The predicted octanol–water partition coefficient (Wildman–Crippen LogP) is 4.38. The number of hydrogen-bond acceptors (Lipinski definition) is 4. The number of Topliss-reactive ketones (excluding diaryl/α,β-unsaturated/α-hetero) is 1. The van der Waals surface area contributed by atoms with Crippen molar-refractivity contribution in [3.05, 3.63) is 63.1 Å². The minimum absolute atomic E-state index is 0.225. The summed E-state index contributed by atoms with van der Waals surface area (Å²) in [5, 5.41) is 5.61. The van der Waals surface area contributed by atoms with Crippen LogP contribution in [0.3, 0.4) is 0 Å². The Morgan fingerprint density at radius 2 is 1.67 bits per heavy atom. The number of hydrazone groups is 1. The molecule has 0 aromatic heterocycles. The van der Waals surface area contributed by atoms with Gasteiger partial charge < -0.3 is 4.74 Å². The summed E-state index contributed by atoms with van der Waals surface area (Å²) in [5.74, 6) is -1.79. The average Bonchev–Trinajstić information content (AvgIpc) is 2.63. The van der Waals surface area contributed by atoms with Gasteiger partial charge >= 0.3 is 0 Å². The Labute approximate surface area is 167 Å². The molecule has 0 saturated carbocycles. The van der Waals surface area contributed by atoms with Crippen LogP contribution >= 0.6 is 23.2 Å². The first-order valence-corrected chi connectivity index (χ1v) is 9.08. The fraction of sp³-hybridized carbons (Fsp3) is 0.250. The zero-order valence-corrected chi connectivity index (χ0v) is 16.6. The molecule has 3 rings (SSSR count). The van der Waals surface area contributed by atoms with Gasteiger partial charge in [0.25, 0.3) is 5.91 Å². The number of likely N-dealkylation sites (N-methyl/N-ethyl adjacent to an activating group) is 1. The molecule has 1 aliphatic heterocycles. The summed E-state index contributed by atoms with van der Waals surface area (Å²) in [6.07, 6.45) is 0. The fourth-order valence-corrected chi connectivity index (χ4v) is 3.37. The Morgan fingerprint density at radius 1 is 1.04 bits per heavy atom. The zero-order valence-electron chi connectivity index (χ0n) is 15.1. The molecule has 5 nitrogen and oxygen atoms in total. The van der Waals surface area contributed by atoms with Gasteiger partial charge in [-0.15, -0.1) is 0 Å². The zero-order chi connectivity index (χ0) is 19.7. The van der Waals surface area contributed by atoms with Gasteiger partial charge in [-0.05, 0) is 31.5 Å². The van der Waals surface area contributed by atoms with Crippen molar-refractivity contribution < 1.29 is 14.3 Å². The van der Waals surface area contributed by atoms with Gasteiger partial charge in [-0.2, -0.15) is 5.10 Å². The molecule has 0 bridgehead atoms. The molecule has 1 heterocycles. The maximum absolute atomic E-state index is 12.7. The maximum Gasteiger partial charge on any atom is 0.258 e. The predicted molar refractivity (Wildman–Crippen MR) is 106 cm³/mol. The van der Waals surface area contributed by atoms with Crippen molar-refractivity contribution >= 4 is 40.6 Å². The van der Waals surface area contributed by atoms with Crippen molar-refractivity contribution in [2.45, 2.75) is 26.4 Å². The molecule has 2 aromatic rings. The molecule has 2 aromatic carbocycles. The first-order valence-electron chi connectivity index (χ1n) is 8.33. The van der Waals surface area contributed by atoms with E-state index in [0.717, 1.165) is 16.1 Å². The third-order valence-electron chi connectivity index (χ3n) is 4.37. The first kappa shape index (κ1) is 19.4. The Hall–Kier alpha value is -2.37. The fourth-order valence-electron chi connectivity index (χ4n) is 2.89. The molecule has 140 valence electrons. The molecular weight excluding hydrogens is 387 g/mol. The van der Waals surface area contributed by atoms with Gasteiger partial charge in [-0.3, -0.25) is 9.59 Å². The summed E-state index contributed by atoms with van der Waals surface area (Å²) in [6.45, 7) is 3.78.